The van der Waals surface area contributed by atoms with Gasteiger partial charge >= 0.3 is 11.2 Å². The number of fused-ring (bicyclic) bond motifs is 6. The Kier molecular flexibility index (Phi) is 5.97. The highest BCUT2D eigenvalue weighted by atomic mass is 35.7. The minimum absolute atomic E-state index is 0.0766. The molecule has 0 radical (unpaired) electrons. The van der Waals surface area contributed by atoms with E-state index in [1.807, 2.05) is 48.5 Å². The number of nitro benzene ring substituents is 1. The minimum Gasteiger partial charge on any atom is -0.258 e. The third-order valence-corrected chi connectivity index (χ3v) is 5.87. The lowest BCUT2D eigenvalue weighted by atomic mass is 9.91. The standard InChI is InChI=1S/C27H16NO3.ClHO4/c29-28(30)20-13-9-19(10-14-20)25-26-21-7-3-1-5-17(21)11-15-23(26)31-24-16-12-18-6-2-4-8-22(18)27(24)25;2-1(3,4)5/h1-16H;(H,2,3,4,5)/q+1;/p-1. The first-order valence-corrected chi connectivity index (χ1v) is 11.9. The smallest absolute Gasteiger partial charge is 0.258 e. The van der Waals surface area contributed by atoms with Gasteiger partial charge in [0.2, 0.25) is 0 Å². The van der Waals surface area contributed by atoms with Gasteiger partial charge in [-0.3, -0.25) is 10.1 Å². The molecule has 0 fully saturated rings. The first-order chi connectivity index (χ1) is 17.2. The van der Waals surface area contributed by atoms with E-state index in [2.05, 4.69) is 36.4 Å². The second kappa shape index (κ2) is 9.12. The summed E-state index contributed by atoms with van der Waals surface area (Å²) in [6, 6.07) is 31.4. The fraction of sp³-hybridized carbons (Fsp3) is 0. The second-order valence-corrected chi connectivity index (χ2v) is 8.73. The molecular weight excluding hydrogens is 486 g/mol. The summed E-state index contributed by atoms with van der Waals surface area (Å²) >= 11 is 0. The topological polar surface area (TPSA) is 147 Å². The Hall–Kier alpha value is -4.18. The van der Waals surface area contributed by atoms with E-state index in [9.17, 15) is 10.1 Å². The SMILES string of the molecule is O=[N+]([O-])c1ccc(-c2c3c(ccc4ccccc43)[o+]c3ccc4ccccc4c23)cc1.[O-][Cl+3]([O-])([O-])[O-]. The molecule has 0 spiro atoms. The van der Waals surface area contributed by atoms with Gasteiger partial charge in [0, 0.05) is 29.8 Å². The molecule has 178 valence electrons. The highest BCUT2D eigenvalue weighted by Gasteiger charge is 2.24. The van der Waals surface area contributed by atoms with Crippen LogP contribution in [0.3, 0.4) is 0 Å². The zero-order valence-electron chi connectivity index (χ0n) is 18.4. The average Bonchev–Trinajstić information content (AvgIpc) is 2.86. The molecule has 0 unspecified atom stereocenters. The zero-order valence-corrected chi connectivity index (χ0v) is 19.2. The Morgan fingerprint density at radius 1 is 0.611 bits per heavy atom. The third kappa shape index (κ3) is 4.55. The molecule has 0 N–H and O–H groups in total. The van der Waals surface area contributed by atoms with E-state index in [1.54, 1.807) is 12.1 Å². The van der Waals surface area contributed by atoms with Gasteiger partial charge in [-0.05, 0) is 51.4 Å². The van der Waals surface area contributed by atoms with Crippen LogP contribution in [0.5, 0.6) is 0 Å². The van der Waals surface area contributed by atoms with Gasteiger partial charge < -0.3 is 0 Å². The molecule has 36 heavy (non-hydrogen) atoms. The summed E-state index contributed by atoms with van der Waals surface area (Å²) in [5.41, 5.74) is 3.60. The van der Waals surface area contributed by atoms with E-state index in [0.29, 0.717) is 0 Å². The van der Waals surface area contributed by atoms with E-state index in [0.717, 1.165) is 54.6 Å². The maximum absolute atomic E-state index is 11.2. The highest BCUT2D eigenvalue weighted by Crippen LogP contribution is 2.43. The Balaban J connectivity index is 0.000000489. The Labute approximate surface area is 205 Å². The van der Waals surface area contributed by atoms with Crippen LogP contribution in [0.1, 0.15) is 0 Å². The van der Waals surface area contributed by atoms with Crippen LogP contribution in [0.2, 0.25) is 0 Å². The number of nitro groups is 1. The van der Waals surface area contributed by atoms with Crippen molar-refractivity contribution in [2.24, 2.45) is 0 Å². The second-order valence-electron chi connectivity index (χ2n) is 7.98. The summed E-state index contributed by atoms with van der Waals surface area (Å²) in [4.78, 5) is 10.8. The van der Waals surface area contributed by atoms with Gasteiger partial charge in [-0.2, -0.15) is 0 Å². The molecule has 0 saturated carbocycles. The molecule has 0 aliphatic carbocycles. The van der Waals surface area contributed by atoms with Crippen LogP contribution < -0.4 is 18.6 Å². The third-order valence-electron chi connectivity index (χ3n) is 5.87. The van der Waals surface area contributed by atoms with Gasteiger partial charge in [0.05, 0.1) is 15.7 Å². The first-order valence-electron chi connectivity index (χ1n) is 10.7. The predicted octanol–water partition coefficient (Wildman–Crippen LogP) is 2.99. The summed E-state index contributed by atoms with van der Waals surface area (Å²) in [6.45, 7) is 0. The fourth-order valence-corrected chi connectivity index (χ4v) is 4.47. The van der Waals surface area contributed by atoms with E-state index < -0.39 is 10.2 Å². The average molecular weight is 502 g/mol. The lowest BCUT2D eigenvalue weighted by Gasteiger charge is -2.17. The molecule has 5 aromatic carbocycles. The van der Waals surface area contributed by atoms with Crippen molar-refractivity contribution < 1.29 is 38.2 Å². The minimum atomic E-state index is -4.94. The van der Waals surface area contributed by atoms with Crippen LogP contribution in [-0.2, 0) is 0 Å². The molecular formula is C27H16ClNO7. The van der Waals surface area contributed by atoms with Crippen molar-refractivity contribution in [3.8, 4) is 11.1 Å². The van der Waals surface area contributed by atoms with E-state index in [1.165, 1.54) is 0 Å². The number of non-ortho nitro benzene ring substituents is 1. The number of halogens is 1. The molecule has 0 saturated heterocycles. The van der Waals surface area contributed by atoms with Gasteiger partial charge in [0.15, 0.2) is 0 Å². The van der Waals surface area contributed by atoms with Gasteiger partial charge in [-0.15, -0.1) is 10.2 Å². The highest BCUT2D eigenvalue weighted by molar-refractivity contribution is 6.24. The molecule has 8 nitrogen and oxygen atoms in total. The molecule has 9 heteroatoms. The van der Waals surface area contributed by atoms with Gasteiger partial charge in [0.25, 0.3) is 5.69 Å². The van der Waals surface area contributed by atoms with Crippen LogP contribution >= 0.6 is 0 Å². The lowest BCUT2D eigenvalue weighted by molar-refractivity contribution is -2.00. The van der Waals surface area contributed by atoms with E-state index in [4.69, 9.17) is 23.1 Å². The molecule has 1 heterocycles. The number of benzene rings is 5. The van der Waals surface area contributed by atoms with E-state index in [-0.39, 0.29) is 10.6 Å². The lowest BCUT2D eigenvalue weighted by Crippen LogP contribution is -2.68. The summed E-state index contributed by atoms with van der Waals surface area (Å²) in [7, 11) is -4.94. The van der Waals surface area contributed by atoms with E-state index >= 15 is 0 Å². The number of hydrogen-bond donors (Lipinski definition) is 0. The van der Waals surface area contributed by atoms with Crippen molar-refractivity contribution >= 4 is 49.2 Å². The molecule has 0 aliphatic heterocycles. The van der Waals surface area contributed by atoms with Crippen molar-refractivity contribution in [3.05, 3.63) is 107 Å². The fourth-order valence-electron chi connectivity index (χ4n) is 4.47. The molecule has 0 bridgehead atoms. The molecule has 0 atom stereocenters. The van der Waals surface area contributed by atoms with Crippen molar-refractivity contribution in [1.82, 2.24) is 0 Å². The van der Waals surface area contributed by atoms with Crippen LogP contribution in [0.15, 0.2) is 101 Å². The molecule has 0 aliphatic rings. The van der Waals surface area contributed by atoms with Crippen molar-refractivity contribution in [2.45, 2.75) is 0 Å². The van der Waals surface area contributed by atoms with Crippen molar-refractivity contribution in [2.75, 3.05) is 0 Å². The first kappa shape index (κ1) is 23.6. The summed E-state index contributed by atoms with van der Waals surface area (Å²) in [5, 5.41) is 17.7. The van der Waals surface area contributed by atoms with Crippen LogP contribution in [0, 0.1) is 20.4 Å². The largest absolute Gasteiger partial charge is 0.362 e. The normalized spacial score (nSPS) is 11.6. The predicted molar refractivity (Wildman–Crippen MR) is 125 cm³/mol. The number of nitrogens with zero attached hydrogens (tertiary/aromatic N) is 1. The Bertz CT molecular complexity index is 1660. The van der Waals surface area contributed by atoms with Crippen LogP contribution in [0.25, 0.3) is 54.6 Å². The summed E-state index contributed by atoms with van der Waals surface area (Å²) in [5.74, 6) is 0. The Morgan fingerprint density at radius 3 is 1.50 bits per heavy atom. The van der Waals surface area contributed by atoms with Crippen molar-refractivity contribution in [3.63, 3.8) is 0 Å². The Morgan fingerprint density at radius 2 is 1.06 bits per heavy atom. The van der Waals surface area contributed by atoms with Crippen LogP contribution in [-0.4, -0.2) is 4.92 Å². The summed E-state index contributed by atoms with van der Waals surface area (Å²) < 4.78 is 40.4. The molecule has 6 aromatic rings. The zero-order chi connectivity index (χ0) is 25.4. The van der Waals surface area contributed by atoms with Crippen LogP contribution in [0.4, 0.5) is 5.69 Å². The van der Waals surface area contributed by atoms with Gasteiger partial charge in [-0.25, -0.2) is 23.1 Å². The molecule has 0 amide bonds. The van der Waals surface area contributed by atoms with Gasteiger partial charge in [0.1, 0.15) is 0 Å². The van der Waals surface area contributed by atoms with Crippen molar-refractivity contribution in [1.29, 1.82) is 0 Å². The number of rotatable bonds is 2. The molecule has 6 rings (SSSR count). The maximum atomic E-state index is 11.2. The monoisotopic (exact) mass is 501 g/mol. The molecule has 1 aromatic heterocycles. The summed E-state index contributed by atoms with van der Waals surface area (Å²) in [6.07, 6.45) is 0. The van der Waals surface area contributed by atoms with Gasteiger partial charge in [-0.1, -0.05) is 48.5 Å². The quantitative estimate of drug-likeness (QED) is 0.116. The maximum Gasteiger partial charge on any atom is 0.362 e. The number of hydrogen-bond acceptors (Lipinski definition) is 6.